The van der Waals surface area contributed by atoms with Gasteiger partial charge in [0.25, 0.3) is 0 Å². The van der Waals surface area contributed by atoms with Gasteiger partial charge in [0, 0.05) is 17.1 Å². The van der Waals surface area contributed by atoms with Crippen LogP contribution in [0.2, 0.25) is 0 Å². The van der Waals surface area contributed by atoms with E-state index in [0.29, 0.717) is 17.9 Å². The smallest absolute Gasteiger partial charge is 0.201 e. The van der Waals surface area contributed by atoms with Crippen molar-refractivity contribution < 1.29 is 0 Å². The third kappa shape index (κ3) is 2.25. The van der Waals surface area contributed by atoms with E-state index in [0.717, 1.165) is 35.0 Å². The van der Waals surface area contributed by atoms with Crippen molar-refractivity contribution in [2.75, 3.05) is 25.9 Å². The highest BCUT2D eigenvalue weighted by atomic mass is 79.9. The summed E-state index contributed by atoms with van der Waals surface area (Å²) in [5.74, 6) is 1.21. The molecule has 1 fully saturated rings. The Hall–Kier alpha value is -1.07. The number of likely N-dealkylation sites (tertiary alicyclic amines) is 1. The largest absolute Gasteiger partial charge is 0.369 e. The summed E-state index contributed by atoms with van der Waals surface area (Å²) in [5, 5.41) is 0. The zero-order chi connectivity index (χ0) is 13.6. The van der Waals surface area contributed by atoms with Crippen LogP contribution in [0.4, 0.5) is 5.95 Å². The minimum atomic E-state index is 0.440. The lowest BCUT2D eigenvalue weighted by atomic mass is 9.94. The fourth-order valence-corrected chi connectivity index (χ4v) is 3.51. The van der Waals surface area contributed by atoms with Crippen molar-refractivity contribution in [2.24, 2.45) is 5.92 Å². The van der Waals surface area contributed by atoms with Gasteiger partial charge in [0.1, 0.15) is 0 Å². The number of aromatic nitrogens is 2. The van der Waals surface area contributed by atoms with Gasteiger partial charge in [-0.05, 0) is 44.1 Å². The molecule has 2 unspecified atom stereocenters. The summed E-state index contributed by atoms with van der Waals surface area (Å²) in [6.45, 7) is 4.52. The van der Waals surface area contributed by atoms with E-state index in [1.165, 1.54) is 0 Å². The first-order valence-corrected chi connectivity index (χ1v) is 7.47. The number of hydrogen-bond donors (Lipinski definition) is 1. The van der Waals surface area contributed by atoms with Crippen LogP contribution >= 0.6 is 15.9 Å². The summed E-state index contributed by atoms with van der Waals surface area (Å²) in [4.78, 5) is 6.87. The average Bonchev–Trinajstić information content (AvgIpc) is 2.65. The number of anilines is 1. The second kappa shape index (κ2) is 4.80. The van der Waals surface area contributed by atoms with Gasteiger partial charge in [-0.3, -0.25) is 0 Å². The molecule has 1 aromatic carbocycles. The van der Waals surface area contributed by atoms with E-state index >= 15 is 0 Å². The number of nitrogens with two attached hydrogens (primary N) is 1. The van der Waals surface area contributed by atoms with Gasteiger partial charge in [-0.1, -0.05) is 22.9 Å². The van der Waals surface area contributed by atoms with Crippen molar-refractivity contribution in [1.82, 2.24) is 14.5 Å². The van der Waals surface area contributed by atoms with E-state index in [1.807, 2.05) is 12.1 Å². The van der Waals surface area contributed by atoms with Gasteiger partial charge in [0.05, 0.1) is 11.0 Å². The summed E-state index contributed by atoms with van der Waals surface area (Å²) in [5.41, 5.74) is 8.27. The van der Waals surface area contributed by atoms with Crippen LogP contribution in [-0.4, -0.2) is 34.6 Å². The molecule has 0 spiro atoms. The molecule has 1 aromatic heterocycles. The van der Waals surface area contributed by atoms with E-state index in [9.17, 15) is 0 Å². The highest BCUT2D eigenvalue weighted by Gasteiger charge is 2.28. The maximum absolute atomic E-state index is 6.15. The molecule has 1 aliphatic rings. The van der Waals surface area contributed by atoms with Crippen molar-refractivity contribution >= 4 is 32.9 Å². The number of fused-ring (bicyclic) bond motifs is 1. The second-order valence-electron chi connectivity index (χ2n) is 5.57. The van der Waals surface area contributed by atoms with E-state index in [4.69, 9.17) is 5.73 Å². The summed E-state index contributed by atoms with van der Waals surface area (Å²) in [6, 6.07) is 6.59. The van der Waals surface area contributed by atoms with Crippen LogP contribution in [0.1, 0.15) is 19.4 Å². The normalized spacial score (nSPS) is 25.0. The van der Waals surface area contributed by atoms with Gasteiger partial charge in [0.15, 0.2) is 0 Å². The zero-order valence-corrected chi connectivity index (χ0v) is 12.9. The Labute approximate surface area is 121 Å². The van der Waals surface area contributed by atoms with Crippen molar-refractivity contribution in [3.63, 3.8) is 0 Å². The summed E-state index contributed by atoms with van der Waals surface area (Å²) in [6.07, 6.45) is 1.12. The minimum Gasteiger partial charge on any atom is -0.369 e. The number of rotatable bonds is 1. The third-order valence-corrected chi connectivity index (χ3v) is 4.57. The maximum Gasteiger partial charge on any atom is 0.201 e. The lowest BCUT2D eigenvalue weighted by molar-refractivity contribution is 0.162. The van der Waals surface area contributed by atoms with Gasteiger partial charge in [-0.15, -0.1) is 0 Å². The van der Waals surface area contributed by atoms with E-state index < -0.39 is 0 Å². The van der Waals surface area contributed by atoms with Crippen molar-refractivity contribution in [3.8, 4) is 0 Å². The molecule has 2 aromatic rings. The maximum atomic E-state index is 6.15. The molecule has 0 aliphatic carbocycles. The SMILES string of the molecule is CC1CN(C)CCC1n1c(N)nc2ccc(Br)cc21. The molecule has 4 nitrogen and oxygen atoms in total. The zero-order valence-electron chi connectivity index (χ0n) is 11.3. The predicted octanol–water partition coefficient (Wildman–Crippen LogP) is 2.89. The third-order valence-electron chi connectivity index (χ3n) is 4.07. The van der Waals surface area contributed by atoms with Crippen molar-refractivity contribution in [2.45, 2.75) is 19.4 Å². The molecule has 0 bridgehead atoms. The quantitative estimate of drug-likeness (QED) is 0.878. The van der Waals surface area contributed by atoms with Crippen LogP contribution in [0.3, 0.4) is 0 Å². The molecule has 0 radical (unpaired) electrons. The van der Waals surface area contributed by atoms with Gasteiger partial charge in [0.2, 0.25) is 5.95 Å². The number of hydrogen-bond acceptors (Lipinski definition) is 3. The fraction of sp³-hybridized carbons (Fsp3) is 0.500. The van der Waals surface area contributed by atoms with Crippen LogP contribution in [0.5, 0.6) is 0 Å². The summed E-state index contributed by atoms with van der Waals surface area (Å²) < 4.78 is 3.29. The first kappa shape index (κ1) is 12.9. The summed E-state index contributed by atoms with van der Waals surface area (Å²) >= 11 is 3.53. The number of piperidine rings is 1. The molecular weight excluding hydrogens is 304 g/mol. The molecule has 19 heavy (non-hydrogen) atoms. The lowest BCUT2D eigenvalue weighted by Gasteiger charge is -2.36. The Morgan fingerprint density at radius 2 is 2.21 bits per heavy atom. The minimum absolute atomic E-state index is 0.440. The van der Waals surface area contributed by atoms with Crippen LogP contribution in [0.15, 0.2) is 22.7 Å². The van der Waals surface area contributed by atoms with Gasteiger partial charge in [-0.25, -0.2) is 4.98 Å². The van der Waals surface area contributed by atoms with Crippen molar-refractivity contribution in [3.05, 3.63) is 22.7 Å². The van der Waals surface area contributed by atoms with E-state index in [-0.39, 0.29) is 0 Å². The number of nitrogen functional groups attached to an aromatic ring is 1. The molecule has 2 heterocycles. The first-order valence-electron chi connectivity index (χ1n) is 6.68. The van der Waals surface area contributed by atoms with Gasteiger partial charge < -0.3 is 15.2 Å². The van der Waals surface area contributed by atoms with E-state index in [2.05, 4.69) is 50.4 Å². The Morgan fingerprint density at radius 1 is 1.42 bits per heavy atom. The van der Waals surface area contributed by atoms with Gasteiger partial charge in [-0.2, -0.15) is 0 Å². The lowest BCUT2D eigenvalue weighted by Crippen LogP contribution is -2.38. The Balaban J connectivity index is 2.09. The average molecular weight is 323 g/mol. The Kier molecular flexibility index (Phi) is 3.27. The second-order valence-corrected chi connectivity index (χ2v) is 6.48. The molecule has 2 N–H and O–H groups in total. The Morgan fingerprint density at radius 3 is 2.95 bits per heavy atom. The number of imidazole rings is 1. The predicted molar refractivity (Wildman–Crippen MR) is 82.2 cm³/mol. The number of benzene rings is 1. The van der Waals surface area contributed by atoms with Crippen LogP contribution in [-0.2, 0) is 0 Å². The highest BCUT2D eigenvalue weighted by Crippen LogP contribution is 2.33. The molecule has 102 valence electrons. The summed E-state index contributed by atoms with van der Waals surface area (Å²) in [7, 11) is 2.18. The van der Waals surface area contributed by atoms with Crippen LogP contribution in [0.25, 0.3) is 11.0 Å². The van der Waals surface area contributed by atoms with Crippen molar-refractivity contribution in [1.29, 1.82) is 0 Å². The molecule has 2 atom stereocenters. The molecule has 1 aliphatic heterocycles. The Bertz CT molecular complexity index is 607. The number of nitrogens with zero attached hydrogens (tertiary/aromatic N) is 3. The standard InChI is InChI=1S/C14H19BrN4/c1-9-8-18(2)6-5-12(9)19-13-7-10(15)3-4-11(13)17-14(19)16/h3-4,7,9,12H,5-6,8H2,1-2H3,(H2,16,17). The topological polar surface area (TPSA) is 47.1 Å². The molecular formula is C14H19BrN4. The van der Waals surface area contributed by atoms with Gasteiger partial charge >= 0.3 is 0 Å². The first-order chi connectivity index (χ1) is 9.06. The van der Waals surface area contributed by atoms with Crippen LogP contribution < -0.4 is 5.73 Å². The molecule has 0 amide bonds. The van der Waals surface area contributed by atoms with Crippen LogP contribution in [0, 0.1) is 5.92 Å². The fourth-order valence-electron chi connectivity index (χ4n) is 3.16. The monoisotopic (exact) mass is 322 g/mol. The molecule has 1 saturated heterocycles. The van der Waals surface area contributed by atoms with E-state index in [1.54, 1.807) is 0 Å². The molecule has 5 heteroatoms. The number of halogens is 1. The highest BCUT2D eigenvalue weighted by molar-refractivity contribution is 9.10. The molecule has 3 rings (SSSR count). The molecule has 0 saturated carbocycles.